The summed E-state index contributed by atoms with van der Waals surface area (Å²) in [5.74, 6) is 0. The maximum atomic E-state index is 10.2. The van der Waals surface area contributed by atoms with Gasteiger partial charge in [-0.15, -0.1) is 12.4 Å². The highest BCUT2D eigenvalue weighted by Crippen LogP contribution is 2.35. The van der Waals surface area contributed by atoms with E-state index in [1.807, 2.05) is 21.1 Å². The minimum absolute atomic E-state index is 0. The molecule has 0 aliphatic rings. The van der Waals surface area contributed by atoms with E-state index in [4.69, 9.17) is 9.79 Å². The van der Waals surface area contributed by atoms with Crippen LogP contribution in [0, 0.1) is 0 Å². The molecule has 13 heavy (non-hydrogen) atoms. The van der Waals surface area contributed by atoms with Crippen molar-refractivity contribution in [1.82, 2.24) is 0 Å². The summed E-state index contributed by atoms with van der Waals surface area (Å²) < 4.78 is 15.1. The van der Waals surface area contributed by atoms with E-state index in [1.54, 1.807) is 0 Å². The summed E-state index contributed by atoms with van der Waals surface area (Å²) in [5, 5.41) is 0. The molecule has 0 aliphatic heterocycles. The van der Waals surface area contributed by atoms with Gasteiger partial charge in [-0.05, 0) is 0 Å². The zero-order valence-electron chi connectivity index (χ0n) is 7.84. The predicted octanol–water partition coefficient (Wildman–Crippen LogP) is 0.376. The Hall–Kier alpha value is 0.290. The third kappa shape index (κ3) is 18.9. The average molecular weight is 241 g/mol. The summed E-state index contributed by atoms with van der Waals surface area (Å²) >= 11 is 0. The fourth-order valence-corrected chi connectivity index (χ4v) is 0.753. The molecule has 0 atom stereocenters. The summed E-state index contributed by atoms with van der Waals surface area (Å²) in [6, 6.07) is 0. The number of rotatable bonds is 4. The van der Waals surface area contributed by atoms with Crippen LogP contribution in [0.5, 0.6) is 0 Å². The first-order chi connectivity index (χ1) is 4.71. The number of quaternary nitrogens is 1. The highest BCUT2D eigenvalue weighted by atomic mass is 35.5. The lowest BCUT2D eigenvalue weighted by atomic mass is 10.5. The molecule has 0 saturated heterocycles. The van der Waals surface area contributed by atoms with Crippen molar-refractivity contribution in [3.63, 3.8) is 0 Å². The van der Waals surface area contributed by atoms with Gasteiger partial charge in [0.15, 0.2) is 0 Å². The van der Waals surface area contributed by atoms with Crippen molar-refractivity contribution in [3.05, 3.63) is 0 Å². The number of hydrogen-bond donors (Lipinski definition) is 2. The van der Waals surface area contributed by atoms with Crippen molar-refractivity contribution in [2.45, 2.75) is 0 Å². The van der Waals surface area contributed by atoms with E-state index in [2.05, 4.69) is 4.52 Å². The summed E-state index contributed by atoms with van der Waals surface area (Å²) in [6.45, 7) is 0.652. The van der Waals surface area contributed by atoms with Crippen molar-refractivity contribution >= 4 is 20.2 Å². The minimum Gasteiger partial charge on any atom is -0.329 e. The minimum atomic E-state index is -4.26. The first-order valence-corrected chi connectivity index (χ1v) is 4.74. The summed E-state index contributed by atoms with van der Waals surface area (Å²) in [4.78, 5) is 16.6. The van der Waals surface area contributed by atoms with Gasteiger partial charge in [0.25, 0.3) is 0 Å². The normalized spacial score (nSPS) is 11.5. The number of phosphoric ester groups is 1. The van der Waals surface area contributed by atoms with Crippen LogP contribution in [0.15, 0.2) is 0 Å². The second kappa shape index (κ2) is 6.70. The largest absolute Gasteiger partial charge is 0.469 e. The fourth-order valence-electron chi connectivity index (χ4n) is 0.434. The molecule has 0 bridgehead atoms. The van der Waals surface area contributed by atoms with Crippen molar-refractivity contribution in [2.75, 3.05) is 34.3 Å². The number of likely N-dealkylation sites (N-methyl/N-ethyl adjacent to an activating group) is 1. The van der Waals surface area contributed by atoms with Gasteiger partial charge in [-0.3, -0.25) is 9.23 Å². The molecule has 0 aromatic heterocycles. The quantitative estimate of drug-likeness (QED) is 0.551. The van der Waals surface area contributed by atoms with E-state index >= 15 is 0 Å². The first-order valence-electron chi connectivity index (χ1n) is 3.21. The standard InChI is InChI=1S/C5H14NO4P.ClH.FH/c1-6(2,3)4-5-10-11(7,8)9;;/h4-5H2,1-3H3,(H-,7,8,9);2*1H/p+1. The van der Waals surface area contributed by atoms with Gasteiger partial charge in [0.1, 0.15) is 13.2 Å². The number of nitrogens with zero attached hydrogens (tertiary/aromatic N) is 1. The fraction of sp³-hybridized carbons (Fsp3) is 1.00. The molecule has 0 rings (SSSR count). The van der Waals surface area contributed by atoms with Crippen LogP contribution in [-0.4, -0.2) is 48.6 Å². The first kappa shape index (κ1) is 19.0. The van der Waals surface area contributed by atoms with Gasteiger partial charge in [-0.1, -0.05) is 0 Å². The third-order valence-electron chi connectivity index (χ3n) is 1.02. The highest BCUT2D eigenvalue weighted by Gasteiger charge is 2.15. The lowest BCUT2D eigenvalue weighted by Crippen LogP contribution is -2.37. The van der Waals surface area contributed by atoms with Crippen LogP contribution < -0.4 is 0 Å². The summed E-state index contributed by atoms with van der Waals surface area (Å²) in [7, 11) is 1.50. The molecule has 84 valence electrons. The zero-order valence-corrected chi connectivity index (χ0v) is 9.55. The van der Waals surface area contributed by atoms with Crippen LogP contribution in [0.2, 0.25) is 0 Å². The summed E-state index contributed by atoms with van der Waals surface area (Å²) in [5.41, 5.74) is 0. The molecule has 0 spiro atoms. The van der Waals surface area contributed by atoms with E-state index in [0.29, 0.717) is 11.0 Å². The molecule has 0 radical (unpaired) electrons. The maximum absolute atomic E-state index is 10.2. The third-order valence-corrected chi connectivity index (χ3v) is 1.54. The van der Waals surface area contributed by atoms with Gasteiger partial charge in [-0.25, -0.2) is 4.57 Å². The Morgan fingerprint density at radius 2 is 1.69 bits per heavy atom. The smallest absolute Gasteiger partial charge is 0.329 e. The molecule has 0 heterocycles. The number of hydrogen-bond acceptors (Lipinski definition) is 2. The van der Waals surface area contributed by atoms with Crippen molar-refractivity contribution in [2.24, 2.45) is 0 Å². The topological polar surface area (TPSA) is 66.8 Å². The van der Waals surface area contributed by atoms with Crippen LogP contribution in [0.3, 0.4) is 0 Å². The predicted molar refractivity (Wildman–Crippen MR) is 50.6 cm³/mol. The Morgan fingerprint density at radius 1 is 1.31 bits per heavy atom. The van der Waals surface area contributed by atoms with Crippen LogP contribution in [-0.2, 0) is 9.09 Å². The van der Waals surface area contributed by atoms with Gasteiger partial charge >= 0.3 is 7.82 Å². The Labute approximate surface area is 83.3 Å². The maximum Gasteiger partial charge on any atom is 0.469 e. The number of halogens is 2. The van der Waals surface area contributed by atoms with Crippen LogP contribution in [0.4, 0.5) is 4.70 Å². The van der Waals surface area contributed by atoms with Crippen LogP contribution in [0.25, 0.3) is 0 Å². The van der Waals surface area contributed by atoms with Gasteiger partial charge in [0, 0.05) is 0 Å². The molecule has 0 aliphatic carbocycles. The van der Waals surface area contributed by atoms with Gasteiger partial charge in [-0.2, -0.15) is 0 Å². The molecule has 0 unspecified atom stereocenters. The van der Waals surface area contributed by atoms with Crippen LogP contribution >= 0.6 is 20.2 Å². The van der Waals surface area contributed by atoms with E-state index in [9.17, 15) is 4.57 Å². The van der Waals surface area contributed by atoms with Crippen molar-refractivity contribution in [1.29, 1.82) is 0 Å². The summed E-state index contributed by atoms with van der Waals surface area (Å²) in [6.07, 6.45) is 0. The zero-order chi connectivity index (χ0) is 9.12. The van der Waals surface area contributed by atoms with E-state index in [1.165, 1.54) is 0 Å². The Balaban J connectivity index is -0.000000500. The van der Waals surface area contributed by atoms with E-state index < -0.39 is 7.82 Å². The Kier molecular flexibility index (Phi) is 9.77. The molecular weight excluding hydrogens is 223 g/mol. The highest BCUT2D eigenvalue weighted by molar-refractivity contribution is 7.46. The molecule has 0 saturated carbocycles. The van der Waals surface area contributed by atoms with Crippen molar-refractivity contribution in [3.8, 4) is 0 Å². The van der Waals surface area contributed by atoms with Gasteiger partial charge < -0.3 is 14.3 Å². The SMILES string of the molecule is C[N+](C)(C)CCOP(=O)(O)O.Cl.F. The average Bonchev–Trinajstić information content (AvgIpc) is 1.55. The van der Waals surface area contributed by atoms with Crippen molar-refractivity contribution < 1.29 is 28.1 Å². The Bertz CT molecular complexity index is 168. The molecule has 0 fully saturated rings. The second-order valence-electron chi connectivity index (χ2n) is 3.34. The molecule has 0 aromatic carbocycles. The molecule has 8 heteroatoms. The van der Waals surface area contributed by atoms with Crippen LogP contribution in [0.1, 0.15) is 0 Å². The van der Waals surface area contributed by atoms with E-state index in [0.717, 1.165) is 0 Å². The lowest BCUT2D eigenvalue weighted by Gasteiger charge is -2.23. The monoisotopic (exact) mass is 240 g/mol. The molecular formula is C5H17ClFNO4P+. The molecule has 0 amide bonds. The lowest BCUT2D eigenvalue weighted by molar-refractivity contribution is -0.870. The molecule has 0 aromatic rings. The molecule has 2 N–H and O–H groups in total. The van der Waals surface area contributed by atoms with Gasteiger partial charge in [0.05, 0.1) is 21.1 Å². The molecule has 5 nitrogen and oxygen atoms in total. The number of phosphoric acid groups is 1. The van der Waals surface area contributed by atoms with E-state index in [-0.39, 0.29) is 23.7 Å². The Morgan fingerprint density at radius 3 is 1.92 bits per heavy atom. The second-order valence-corrected chi connectivity index (χ2v) is 4.58. The van der Waals surface area contributed by atoms with Gasteiger partial charge in [0.2, 0.25) is 0 Å².